The first-order valence-corrected chi connectivity index (χ1v) is 11.4. The molecule has 9 heteroatoms. The van der Waals surface area contributed by atoms with Crippen molar-refractivity contribution in [3.63, 3.8) is 0 Å². The van der Waals surface area contributed by atoms with Gasteiger partial charge in [-0.15, -0.1) is 0 Å². The number of benzene rings is 3. The van der Waals surface area contributed by atoms with Crippen molar-refractivity contribution in [2.45, 2.75) is 13.8 Å². The quantitative estimate of drug-likeness (QED) is 0.0561. The highest BCUT2D eigenvalue weighted by Gasteiger charge is 2.21. The van der Waals surface area contributed by atoms with E-state index >= 15 is 0 Å². The first kappa shape index (κ1) is 25.7. The lowest BCUT2D eigenvalue weighted by atomic mass is 10.0. The fraction of sp³-hybridized carbons (Fsp3) is 0.0690. The molecule has 0 aliphatic carbocycles. The third kappa shape index (κ3) is 5.24. The summed E-state index contributed by atoms with van der Waals surface area (Å²) in [5.41, 5.74) is 1.90. The first-order valence-electron chi connectivity index (χ1n) is 11.4. The Balaban J connectivity index is 1.55. The number of non-ortho nitro benzene ring substituents is 1. The molecule has 1 aromatic heterocycles. The van der Waals surface area contributed by atoms with Crippen LogP contribution in [0.4, 0.5) is 10.1 Å². The van der Waals surface area contributed by atoms with Crippen molar-refractivity contribution in [2.75, 3.05) is 0 Å². The Morgan fingerprint density at radius 2 is 1.74 bits per heavy atom. The third-order valence-corrected chi connectivity index (χ3v) is 5.83. The second-order valence-corrected chi connectivity index (χ2v) is 8.34. The van der Waals surface area contributed by atoms with Gasteiger partial charge in [0.15, 0.2) is 0 Å². The van der Waals surface area contributed by atoms with Gasteiger partial charge in [0.2, 0.25) is 5.78 Å². The largest absolute Gasteiger partial charge is 0.423 e. The number of halogens is 1. The van der Waals surface area contributed by atoms with E-state index < -0.39 is 22.5 Å². The summed E-state index contributed by atoms with van der Waals surface area (Å²) in [6, 6.07) is 21.0. The molecule has 0 saturated heterocycles. The Morgan fingerprint density at radius 3 is 2.39 bits per heavy atom. The number of allylic oxidation sites excluding steroid dienone is 1. The van der Waals surface area contributed by atoms with Gasteiger partial charge in [0.1, 0.15) is 23.2 Å². The van der Waals surface area contributed by atoms with E-state index in [1.165, 1.54) is 42.5 Å². The van der Waals surface area contributed by atoms with Crippen molar-refractivity contribution in [3.05, 3.63) is 128 Å². The number of nitro groups is 1. The average molecular weight is 509 g/mol. The molecule has 3 aromatic carbocycles. The number of carbonyl (C=O) groups is 2. The van der Waals surface area contributed by atoms with Crippen molar-refractivity contribution in [1.29, 1.82) is 5.26 Å². The lowest BCUT2D eigenvalue weighted by Gasteiger charge is -2.10. The number of aromatic nitrogens is 1. The first-order chi connectivity index (χ1) is 18.2. The van der Waals surface area contributed by atoms with Gasteiger partial charge in [-0.25, -0.2) is 9.18 Å². The number of rotatable bonds is 7. The van der Waals surface area contributed by atoms with Gasteiger partial charge in [0.25, 0.3) is 5.69 Å². The van der Waals surface area contributed by atoms with Gasteiger partial charge in [-0.1, -0.05) is 30.3 Å². The molecule has 0 aliphatic heterocycles. The van der Waals surface area contributed by atoms with E-state index in [-0.39, 0.29) is 28.1 Å². The fourth-order valence-electron chi connectivity index (χ4n) is 4.00. The van der Waals surface area contributed by atoms with Gasteiger partial charge in [0.05, 0.1) is 16.2 Å². The molecule has 1 heterocycles. The summed E-state index contributed by atoms with van der Waals surface area (Å²) in [5, 5.41) is 20.6. The number of Topliss-reactive ketones (excluding diaryl/α,β-unsaturated/α-hetero) is 1. The summed E-state index contributed by atoms with van der Waals surface area (Å²) in [6.07, 6.45) is 1.41. The van der Waals surface area contributed by atoms with Crippen molar-refractivity contribution in [2.24, 2.45) is 0 Å². The standard InChI is InChI=1S/C29H20FN3O5/c1-18-14-25(19(2)32(18)27-9-4-3-8-26(27)30)28(34)22(17-31)15-20-10-12-24(13-11-20)38-29(35)21-6-5-7-23(16-21)33(36)37/h3-16H,1-2H3/b22-15+. The molecule has 0 spiro atoms. The Bertz CT molecular complexity index is 1650. The summed E-state index contributed by atoms with van der Waals surface area (Å²) < 4.78 is 21.3. The molecule has 0 aliphatic rings. The number of esters is 1. The second-order valence-electron chi connectivity index (χ2n) is 8.34. The lowest BCUT2D eigenvalue weighted by Crippen LogP contribution is -2.08. The molecule has 0 radical (unpaired) electrons. The number of hydrogen-bond acceptors (Lipinski definition) is 6. The Kier molecular flexibility index (Phi) is 7.26. The molecule has 8 nitrogen and oxygen atoms in total. The van der Waals surface area contributed by atoms with Crippen LogP contribution in [0.15, 0.2) is 84.4 Å². The summed E-state index contributed by atoms with van der Waals surface area (Å²) in [6.45, 7) is 3.44. The lowest BCUT2D eigenvalue weighted by molar-refractivity contribution is -0.384. The van der Waals surface area contributed by atoms with Crippen LogP contribution in [0.2, 0.25) is 0 Å². The molecule has 0 fully saturated rings. The van der Waals surface area contributed by atoms with E-state index in [1.807, 2.05) is 6.07 Å². The molecule has 0 amide bonds. The zero-order valence-electron chi connectivity index (χ0n) is 20.3. The summed E-state index contributed by atoms with van der Waals surface area (Å²) in [4.78, 5) is 35.9. The van der Waals surface area contributed by atoms with Crippen LogP contribution in [0.5, 0.6) is 5.75 Å². The average Bonchev–Trinajstić information content (AvgIpc) is 3.21. The van der Waals surface area contributed by atoms with Gasteiger partial charge in [-0.3, -0.25) is 14.9 Å². The SMILES string of the molecule is Cc1cc(C(=O)/C(C#N)=C/c2ccc(OC(=O)c3cccc([N+](=O)[O-])c3)cc2)c(C)n1-c1ccccc1F. The zero-order valence-corrected chi connectivity index (χ0v) is 20.3. The minimum Gasteiger partial charge on any atom is -0.423 e. The van der Waals surface area contributed by atoms with E-state index in [4.69, 9.17) is 4.74 Å². The van der Waals surface area contributed by atoms with Crippen LogP contribution in [0, 0.1) is 41.1 Å². The van der Waals surface area contributed by atoms with E-state index in [0.717, 1.165) is 6.07 Å². The highest BCUT2D eigenvalue weighted by molar-refractivity contribution is 6.14. The third-order valence-electron chi connectivity index (χ3n) is 5.83. The van der Waals surface area contributed by atoms with Gasteiger partial charge in [-0.05, 0) is 61.9 Å². The van der Waals surface area contributed by atoms with Crippen LogP contribution in [0.1, 0.15) is 37.7 Å². The number of nitro benzene ring substituents is 1. The smallest absolute Gasteiger partial charge is 0.343 e. The molecular formula is C29H20FN3O5. The maximum Gasteiger partial charge on any atom is 0.343 e. The zero-order chi connectivity index (χ0) is 27.4. The maximum absolute atomic E-state index is 14.4. The van der Waals surface area contributed by atoms with Gasteiger partial charge in [-0.2, -0.15) is 5.26 Å². The van der Waals surface area contributed by atoms with Crippen molar-refractivity contribution < 1.29 is 23.6 Å². The molecule has 0 N–H and O–H groups in total. The van der Waals surface area contributed by atoms with E-state index in [0.29, 0.717) is 22.6 Å². The Morgan fingerprint density at radius 1 is 1.03 bits per heavy atom. The second kappa shape index (κ2) is 10.7. The highest BCUT2D eigenvalue weighted by Crippen LogP contribution is 2.25. The van der Waals surface area contributed by atoms with Crippen LogP contribution < -0.4 is 4.74 Å². The van der Waals surface area contributed by atoms with Crippen molar-refractivity contribution in [1.82, 2.24) is 4.57 Å². The summed E-state index contributed by atoms with van der Waals surface area (Å²) >= 11 is 0. The van der Waals surface area contributed by atoms with E-state index in [1.54, 1.807) is 54.8 Å². The predicted molar refractivity (Wildman–Crippen MR) is 138 cm³/mol. The van der Waals surface area contributed by atoms with E-state index in [2.05, 4.69) is 0 Å². The van der Waals surface area contributed by atoms with Crippen LogP contribution in [-0.4, -0.2) is 21.2 Å². The van der Waals surface area contributed by atoms with E-state index in [9.17, 15) is 29.4 Å². The van der Waals surface area contributed by atoms with Crippen LogP contribution >= 0.6 is 0 Å². The number of ketones is 1. The molecule has 4 rings (SSSR count). The molecule has 4 aromatic rings. The number of nitriles is 1. The monoisotopic (exact) mass is 509 g/mol. The van der Waals surface area contributed by atoms with Crippen LogP contribution in [0.25, 0.3) is 11.8 Å². The minimum atomic E-state index is -0.768. The molecule has 188 valence electrons. The molecule has 38 heavy (non-hydrogen) atoms. The van der Waals surface area contributed by atoms with Crippen molar-refractivity contribution >= 4 is 23.5 Å². The summed E-state index contributed by atoms with van der Waals surface area (Å²) in [7, 11) is 0. The van der Waals surface area contributed by atoms with Gasteiger partial charge in [0, 0.05) is 29.1 Å². The number of hydrogen-bond donors (Lipinski definition) is 0. The number of para-hydroxylation sites is 1. The molecule has 0 bridgehead atoms. The van der Waals surface area contributed by atoms with Gasteiger partial charge < -0.3 is 9.30 Å². The van der Waals surface area contributed by atoms with Gasteiger partial charge >= 0.3 is 5.97 Å². The maximum atomic E-state index is 14.4. The van der Waals surface area contributed by atoms with Crippen LogP contribution in [0.3, 0.4) is 0 Å². The Hall–Kier alpha value is -5.36. The predicted octanol–water partition coefficient (Wildman–Crippen LogP) is 6.15. The van der Waals surface area contributed by atoms with Crippen LogP contribution in [-0.2, 0) is 0 Å². The highest BCUT2D eigenvalue weighted by atomic mass is 19.1. The number of nitrogens with zero attached hydrogens (tertiary/aromatic N) is 3. The fourth-order valence-corrected chi connectivity index (χ4v) is 4.00. The normalized spacial score (nSPS) is 11.1. The molecule has 0 atom stereocenters. The number of ether oxygens (including phenoxy) is 1. The number of aryl methyl sites for hydroxylation is 1. The number of carbonyl (C=O) groups excluding carboxylic acids is 2. The summed E-state index contributed by atoms with van der Waals surface area (Å²) in [5.74, 6) is -1.54. The Labute approximate surface area is 217 Å². The molecule has 0 unspecified atom stereocenters. The van der Waals surface area contributed by atoms with Crippen molar-refractivity contribution in [3.8, 4) is 17.5 Å². The molecular weight excluding hydrogens is 489 g/mol. The topological polar surface area (TPSA) is 115 Å². The molecule has 0 saturated carbocycles. The minimum absolute atomic E-state index is 0.0218.